The van der Waals surface area contributed by atoms with E-state index in [0.717, 1.165) is 55.8 Å². The highest BCUT2D eigenvalue weighted by Crippen LogP contribution is 2.33. The van der Waals surface area contributed by atoms with Gasteiger partial charge >= 0.3 is 0 Å². The van der Waals surface area contributed by atoms with Crippen molar-refractivity contribution in [2.24, 2.45) is 5.92 Å². The minimum atomic E-state index is 0.428. The lowest BCUT2D eigenvalue weighted by Crippen LogP contribution is -2.37. The molecule has 0 radical (unpaired) electrons. The second-order valence-corrected chi connectivity index (χ2v) is 6.71. The predicted octanol–water partition coefficient (Wildman–Crippen LogP) is 2.18. The maximum absolute atomic E-state index is 5.95. The second kappa shape index (κ2) is 6.81. The van der Waals surface area contributed by atoms with Crippen molar-refractivity contribution in [3.8, 4) is 11.5 Å². The molecule has 0 saturated heterocycles. The van der Waals surface area contributed by atoms with E-state index >= 15 is 0 Å². The van der Waals surface area contributed by atoms with E-state index in [2.05, 4.69) is 27.5 Å². The van der Waals surface area contributed by atoms with Crippen LogP contribution in [0.5, 0.6) is 11.5 Å². The Morgan fingerprint density at radius 2 is 2.17 bits per heavy atom. The maximum atomic E-state index is 5.95. The number of hydrogen-bond donors (Lipinski definition) is 1. The van der Waals surface area contributed by atoms with Crippen LogP contribution in [-0.4, -0.2) is 34.5 Å². The van der Waals surface area contributed by atoms with Crippen molar-refractivity contribution < 1.29 is 9.47 Å². The molecule has 1 fully saturated rings. The molecule has 0 bridgehead atoms. The Labute approximate surface area is 142 Å². The first kappa shape index (κ1) is 15.4. The number of ether oxygens (including phenoxy) is 2. The Bertz CT molecular complexity index is 696. The number of aromatic nitrogens is 3. The Kier molecular flexibility index (Phi) is 4.38. The zero-order valence-electron chi connectivity index (χ0n) is 14.1. The quantitative estimate of drug-likeness (QED) is 0.844. The average Bonchev–Trinajstić information content (AvgIpc) is 3.33. The van der Waals surface area contributed by atoms with Crippen LogP contribution in [0, 0.1) is 5.92 Å². The molecular weight excluding hydrogens is 304 g/mol. The molecule has 2 aromatic rings. The summed E-state index contributed by atoms with van der Waals surface area (Å²) >= 11 is 0. The molecule has 1 aromatic heterocycles. The molecule has 4 rings (SSSR count). The van der Waals surface area contributed by atoms with Crippen LogP contribution in [-0.2, 0) is 19.5 Å². The normalized spacial score (nSPS) is 19.8. The zero-order chi connectivity index (χ0) is 16.4. The first-order valence-corrected chi connectivity index (χ1v) is 8.71. The molecule has 1 saturated carbocycles. The topological polar surface area (TPSA) is 61.2 Å². The fourth-order valence-electron chi connectivity index (χ4n) is 3.10. The molecule has 0 amide bonds. The van der Waals surface area contributed by atoms with Gasteiger partial charge in [-0.2, -0.15) is 5.10 Å². The number of hydrogen-bond acceptors (Lipinski definition) is 5. The highest BCUT2D eigenvalue weighted by atomic mass is 16.5. The molecule has 2 heterocycles. The number of nitrogens with zero attached hydrogens (tertiary/aromatic N) is 3. The number of rotatable bonds is 7. The zero-order valence-corrected chi connectivity index (χ0v) is 14.1. The fraction of sp³-hybridized carbons (Fsp3) is 0.556. The lowest BCUT2D eigenvalue weighted by atomic mass is 10.1. The van der Waals surface area contributed by atoms with Crippen LogP contribution in [0.25, 0.3) is 0 Å². The van der Waals surface area contributed by atoms with E-state index in [1.165, 1.54) is 18.4 Å². The van der Waals surface area contributed by atoms with Crippen LogP contribution in [0.4, 0.5) is 0 Å². The third-order valence-electron chi connectivity index (χ3n) is 4.80. The van der Waals surface area contributed by atoms with Gasteiger partial charge in [-0.15, -0.1) is 0 Å². The summed E-state index contributed by atoms with van der Waals surface area (Å²) in [5.41, 5.74) is 1.21. The molecule has 0 unspecified atom stereocenters. The van der Waals surface area contributed by atoms with Crippen molar-refractivity contribution in [2.75, 3.05) is 13.7 Å². The van der Waals surface area contributed by atoms with Gasteiger partial charge in [-0.1, -0.05) is 6.07 Å². The summed E-state index contributed by atoms with van der Waals surface area (Å²) < 4.78 is 13.4. The van der Waals surface area contributed by atoms with Gasteiger partial charge in [-0.3, -0.25) is 0 Å². The molecule has 1 atom stereocenters. The molecule has 0 spiro atoms. The van der Waals surface area contributed by atoms with Crippen LogP contribution in [0.3, 0.4) is 0 Å². The highest BCUT2D eigenvalue weighted by molar-refractivity contribution is 5.43. The average molecular weight is 328 g/mol. The smallest absolute Gasteiger partial charge is 0.161 e. The van der Waals surface area contributed by atoms with Gasteiger partial charge in [-0.05, 0) is 42.9 Å². The Hall–Kier alpha value is -2.08. The molecule has 1 aliphatic heterocycles. The van der Waals surface area contributed by atoms with E-state index in [1.54, 1.807) is 13.4 Å². The highest BCUT2D eigenvalue weighted by Gasteiger charge is 2.23. The lowest BCUT2D eigenvalue weighted by molar-refractivity contribution is 0.280. The number of fused-ring (bicyclic) bond motifs is 1. The van der Waals surface area contributed by atoms with Crippen LogP contribution in [0.15, 0.2) is 24.5 Å². The van der Waals surface area contributed by atoms with E-state index in [0.29, 0.717) is 6.04 Å². The predicted molar refractivity (Wildman–Crippen MR) is 90.2 cm³/mol. The van der Waals surface area contributed by atoms with Crippen LogP contribution in [0.2, 0.25) is 0 Å². The second-order valence-electron chi connectivity index (χ2n) is 6.71. The molecule has 6 nitrogen and oxygen atoms in total. The number of nitrogens with one attached hydrogen (secondary N) is 1. The van der Waals surface area contributed by atoms with E-state index < -0.39 is 0 Å². The monoisotopic (exact) mass is 328 g/mol. The number of aryl methyl sites for hydroxylation is 1. The standard InChI is InChI=1S/C18H24N4O2/c1-23-16-6-4-14(8-17(16)24-11-13-2-3-13)9-19-15-5-7-18-20-12-21-22(18)10-15/h4,6,8,12-13,15,19H,2-3,5,7,9-11H2,1H3/t15-/m1/s1. The summed E-state index contributed by atoms with van der Waals surface area (Å²) in [6, 6.07) is 6.62. The molecule has 128 valence electrons. The minimum Gasteiger partial charge on any atom is -0.493 e. The molecule has 24 heavy (non-hydrogen) atoms. The van der Waals surface area contributed by atoms with Gasteiger partial charge in [0.25, 0.3) is 0 Å². The van der Waals surface area contributed by atoms with Gasteiger partial charge < -0.3 is 14.8 Å². The molecule has 1 aromatic carbocycles. The van der Waals surface area contributed by atoms with Crippen molar-refractivity contribution in [2.45, 2.75) is 44.8 Å². The molecule has 1 N–H and O–H groups in total. The fourth-order valence-corrected chi connectivity index (χ4v) is 3.10. The summed E-state index contributed by atoms with van der Waals surface area (Å²) in [5, 5.41) is 7.90. The van der Waals surface area contributed by atoms with Crippen molar-refractivity contribution >= 4 is 0 Å². The van der Waals surface area contributed by atoms with Gasteiger partial charge in [0.2, 0.25) is 0 Å². The van der Waals surface area contributed by atoms with Crippen molar-refractivity contribution in [3.63, 3.8) is 0 Å². The summed E-state index contributed by atoms with van der Waals surface area (Å²) in [6.07, 6.45) is 6.30. The lowest BCUT2D eigenvalue weighted by Gasteiger charge is -2.24. The number of benzene rings is 1. The van der Waals surface area contributed by atoms with E-state index in [4.69, 9.17) is 9.47 Å². The summed E-state index contributed by atoms with van der Waals surface area (Å²) in [7, 11) is 1.69. The maximum Gasteiger partial charge on any atom is 0.161 e. The van der Waals surface area contributed by atoms with Gasteiger partial charge in [0, 0.05) is 19.0 Å². The van der Waals surface area contributed by atoms with Gasteiger partial charge in [-0.25, -0.2) is 9.67 Å². The van der Waals surface area contributed by atoms with E-state index in [9.17, 15) is 0 Å². The molecule has 6 heteroatoms. The number of methoxy groups -OCH3 is 1. The summed E-state index contributed by atoms with van der Waals surface area (Å²) in [5.74, 6) is 3.49. The van der Waals surface area contributed by atoms with Crippen molar-refractivity contribution in [1.82, 2.24) is 20.1 Å². The Balaban J connectivity index is 1.36. The van der Waals surface area contributed by atoms with Crippen molar-refractivity contribution in [1.29, 1.82) is 0 Å². The van der Waals surface area contributed by atoms with Gasteiger partial charge in [0.05, 0.1) is 20.3 Å². The Morgan fingerprint density at radius 1 is 1.25 bits per heavy atom. The first-order valence-electron chi connectivity index (χ1n) is 8.71. The van der Waals surface area contributed by atoms with Gasteiger partial charge in [0.1, 0.15) is 12.2 Å². The minimum absolute atomic E-state index is 0.428. The van der Waals surface area contributed by atoms with E-state index in [-0.39, 0.29) is 0 Å². The van der Waals surface area contributed by atoms with Crippen LogP contribution in [0.1, 0.15) is 30.7 Å². The van der Waals surface area contributed by atoms with Crippen molar-refractivity contribution in [3.05, 3.63) is 35.9 Å². The van der Waals surface area contributed by atoms with Crippen LogP contribution < -0.4 is 14.8 Å². The third-order valence-corrected chi connectivity index (χ3v) is 4.80. The van der Waals surface area contributed by atoms with Gasteiger partial charge in [0.15, 0.2) is 11.5 Å². The first-order chi connectivity index (χ1) is 11.8. The van der Waals surface area contributed by atoms with Crippen LogP contribution >= 0.6 is 0 Å². The molecule has 2 aliphatic rings. The summed E-state index contributed by atoms with van der Waals surface area (Å²) in [6.45, 7) is 2.50. The molecule has 1 aliphatic carbocycles. The summed E-state index contributed by atoms with van der Waals surface area (Å²) in [4.78, 5) is 4.27. The largest absolute Gasteiger partial charge is 0.493 e. The Morgan fingerprint density at radius 3 is 3.00 bits per heavy atom. The molecular formula is C18H24N4O2. The third kappa shape index (κ3) is 3.53. The SMILES string of the molecule is COc1ccc(CN[C@@H]2CCc3ncnn3C2)cc1OCC1CC1. The van der Waals surface area contributed by atoms with E-state index in [1.807, 2.05) is 10.7 Å².